The van der Waals surface area contributed by atoms with Gasteiger partial charge < -0.3 is 14.8 Å². The Balaban J connectivity index is 1.75. The molecule has 1 aliphatic heterocycles. The molecular formula is C22H20N2O3. The molecule has 136 valence electrons. The number of hydrogen-bond acceptors (Lipinski definition) is 4. The van der Waals surface area contributed by atoms with Crippen molar-refractivity contribution in [3.8, 4) is 5.75 Å². The van der Waals surface area contributed by atoms with Gasteiger partial charge in [-0.15, -0.1) is 0 Å². The van der Waals surface area contributed by atoms with Gasteiger partial charge >= 0.3 is 0 Å². The number of methoxy groups -OCH3 is 1. The van der Waals surface area contributed by atoms with E-state index in [1.54, 1.807) is 14.2 Å². The Morgan fingerprint density at radius 3 is 2.52 bits per heavy atom. The quantitative estimate of drug-likeness (QED) is 0.775. The third-order valence-corrected chi connectivity index (χ3v) is 4.76. The number of rotatable bonds is 4. The second kappa shape index (κ2) is 7.11. The molecule has 1 heterocycles. The normalized spacial score (nSPS) is 18.7. The van der Waals surface area contributed by atoms with E-state index in [-0.39, 0.29) is 5.91 Å². The average molecular weight is 360 g/mol. The average Bonchev–Trinajstić information content (AvgIpc) is 3.18. The highest BCUT2D eigenvalue weighted by atomic mass is 16.5. The van der Waals surface area contributed by atoms with Crippen LogP contribution < -0.4 is 10.1 Å². The maximum Gasteiger partial charge on any atom is 0.248 e. The van der Waals surface area contributed by atoms with Gasteiger partial charge in [0, 0.05) is 18.2 Å². The molecule has 0 bridgehead atoms. The SMILES string of the molecule is CNC(=O)[C@H]1N=C(c2ccc(OC)cc2)O[C@H]1c1cccc2ccccc12. The molecule has 0 saturated carbocycles. The van der Waals surface area contributed by atoms with Gasteiger partial charge in [-0.1, -0.05) is 42.5 Å². The van der Waals surface area contributed by atoms with Crippen LogP contribution in [0.3, 0.4) is 0 Å². The van der Waals surface area contributed by atoms with Gasteiger partial charge in [0.25, 0.3) is 0 Å². The van der Waals surface area contributed by atoms with Crippen LogP contribution in [0.5, 0.6) is 5.75 Å². The molecule has 0 saturated heterocycles. The molecule has 2 atom stereocenters. The van der Waals surface area contributed by atoms with E-state index >= 15 is 0 Å². The Kier molecular flexibility index (Phi) is 4.50. The first-order chi connectivity index (χ1) is 13.2. The highest BCUT2D eigenvalue weighted by molar-refractivity contribution is 5.99. The van der Waals surface area contributed by atoms with Crippen molar-refractivity contribution in [2.75, 3.05) is 14.2 Å². The van der Waals surface area contributed by atoms with Crippen molar-refractivity contribution in [2.45, 2.75) is 12.1 Å². The van der Waals surface area contributed by atoms with Gasteiger partial charge in [-0.2, -0.15) is 0 Å². The molecule has 1 N–H and O–H groups in total. The molecule has 0 spiro atoms. The maximum atomic E-state index is 12.5. The van der Waals surface area contributed by atoms with Crippen molar-refractivity contribution in [2.24, 2.45) is 4.99 Å². The summed E-state index contributed by atoms with van der Waals surface area (Å²) in [6.45, 7) is 0. The van der Waals surface area contributed by atoms with Crippen LogP contribution in [0.1, 0.15) is 17.2 Å². The first-order valence-corrected chi connectivity index (χ1v) is 8.79. The van der Waals surface area contributed by atoms with Gasteiger partial charge in [0.15, 0.2) is 12.1 Å². The molecule has 0 aliphatic carbocycles. The minimum Gasteiger partial charge on any atom is -0.497 e. The minimum atomic E-state index is -0.641. The first-order valence-electron chi connectivity index (χ1n) is 8.79. The number of likely N-dealkylation sites (N-methyl/N-ethyl adjacent to an activating group) is 1. The zero-order valence-electron chi connectivity index (χ0n) is 15.2. The van der Waals surface area contributed by atoms with Crippen LogP contribution in [0.4, 0.5) is 0 Å². The van der Waals surface area contributed by atoms with Crippen LogP contribution in [0.25, 0.3) is 10.8 Å². The van der Waals surface area contributed by atoms with E-state index in [1.807, 2.05) is 66.7 Å². The Morgan fingerprint density at radius 1 is 1.04 bits per heavy atom. The van der Waals surface area contributed by atoms with Gasteiger partial charge in [0.2, 0.25) is 11.8 Å². The molecule has 5 nitrogen and oxygen atoms in total. The van der Waals surface area contributed by atoms with Gasteiger partial charge in [-0.05, 0) is 35.0 Å². The van der Waals surface area contributed by atoms with E-state index in [0.29, 0.717) is 5.90 Å². The van der Waals surface area contributed by atoms with Gasteiger partial charge in [0.05, 0.1) is 7.11 Å². The van der Waals surface area contributed by atoms with Crippen LogP contribution in [0, 0.1) is 0 Å². The number of aliphatic imine (C=N–C) groups is 1. The fourth-order valence-electron chi connectivity index (χ4n) is 3.36. The van der Waals surface area contributed by atoms with E-state index in [9.17, 15) is 4.79 Å². The summed E-state index contributed by atoms with van der Waals surface area (Å²) in [4.78, 5) is 17.1. The van der Waals surface area contributed by atoms with Crippen LogP contribution >= 0.6 is 0 Å². The van der Waals surface area contributed by atoms with Crippen molar-refractivity contribution < 1.29 is 14.3 Å². The lowest BCUT2D eigenvalue weighted by molar-refractivity contribution is -0.123. The van der Waals surface area contributed by atoms with Crippen LogP contribution in [-0.4, -0.2) is 32.0 Å². The van der Waals surface area contributed by atoms with Gasteiger partial charge in [-0.3, -0.25) is 4.79 Å². The van der Waals surface area contributed by atoms with E-state index in [0.717, 1.165) is 27.6 Å². The summed E-state index contributed by atoms with van der Waals surface area (Å²) in [6.07, 6.45) is -0.479. The molecule has 0 fully saturated rings. The summed E-state index contributed by atoms with van der Waals surface area (Å²) >= 11 is 0. The highest BCUT2D eigenvalue weighted by Crippen LogP contribution is 2.35. The maximum absolute atomic E-state index is 12.5. The van der Waals surface area contributed by atoms with Crippen molar-refractivity contribution in [3.05, 3.63) is 77.9 Å². The fraction of sp³-hybridized carbons (Fsp3) is 0.182. The lowest BCUT2D eigenvalue weighted by atomic mass is 9.96. The molecular weight excluding hydrogens is 340 g/mol. The molecule has 1 amide bonds. The Hall–Kier alpha value is -3.34. The molecule has 4 rings (SSSR count). The predicted octanol–water partition coefficient (Wildman–Crippen LogP) is 3.48. The van der Waals surface area contributed by atoms with E-state index < -0.39 is 12.1 Å². The second-order valence-corrected chi connectivity index (χ2v) is 6.33. The molecule has 5 heteroatoms. The summed E-state index contributed by atoms with van der Waals surface area (Å²) in [5.41, 5.74) is 1.77. The number of amides is 1. The zero-order valence-corrected chi connectivity index (χ0v) is 15.2. The molecule has 3 aromatic rings. The number of hydrogen-bond donors (Lipinski definition) is 1. The standard InChI is InChI=1S/C22H20N2O3/c1-23-21(25)19-20(18-9-5-7-14-6-3-4-8-17(14)18)27-22(24-19)15-10-12-16(26-2)13-11-15/h3-13,19-20H,1-2H3,(H,23,25)/t19-,20-/m0/s1. The van der Waals surface area contributed by atoms with Gasteiger partial charge in [-0.25, -0.2) is 4.99 Å². The molecule has 27 heavy (non-hydrogen) atoms. The number of nitrogens with zero attached hydrogens (tertiary/aromatic N) is 1. The number of benzene rings is 3. The summed E-state index contributed by atoms with van der Waals surface area (Å²) in [5.74, 6) is 1.05. The number of carbonyl (C=O) groups is 1. The number of fused-ring (bicyclic) bond motifs is 1. The van der Waals surface area contributed by atoms with E-state index in [1.165, 1.54) is 0 Å². The largest absolute Gasteiger partial charge is 0.497 e. The third kappa shape index (κ3) is 3.12. The van der Waals surface area contributed by atoms with Crippen molar-refractivity contribution in [3.63, 3.8) is 0 Å². The number of carbonyl (C=O) groups excluding carboxylic acids is 1. The van der Waals surface area contributed by atoms with Crippen molar-refractivity contribution >= 4 is 22.6 Å². The van der Waals surface area contributed by atoms with E-state index in [4.69, 9.17) is 9.47 Å². The molecule has 0 radical (unpaired) electrons. The van der Waals surface area contributed by atoms with E-state index in [2.05, 4.69) is 10.3 Å². The van der Waals surface area contributed by atoms with Gasteiger partial charge in [0.1, 0.15) is 5.75 Å². The van der Waals surface area contributed by atoms with Crippen molar-refractivity contribution in [1.29, 1.82) is 0 Å². The minimum absolute atomic E-state index is 0.170. The Bertz CT molecular complexity index is 1010. The zero-order chi connectivity index (χ0) is 18.8. The summed E-state index contributed by atoms with van der Waals surface area (Å²) < 4.78 is 11.4. The topological polar surface area (TPSA) is 59.9 Å². The smallest absolute Gasteiger partial charge is 0.248 e. The summed E-state index contributed by atoms with van der Waals surface area (Å²) in [5, 5.41) is 4.86. The molecule has 0 aromatic heterocycles. The third-order valence-electron chi connectivity index (χ3n) is 4.76. The fourth-order valence-corrected chi connectivity index (χ4v) is 3.36. The van der Waals surface area contributed by atoms with Crippen molar-refractivity contribution in [1.82, 2.24) is 5.32 Å². The van der Waals surface area contributed by atoms with Crippen LogP contribution in [0.15, 0.2) is 71.7 Å². The monoisotopic (exact) mass is 360 g/mol. The van der Waals surface area contributed by atoms with Crippen LogP contribution in [-0.2, 0) is 9.53 Å². The Labute approximate surface area is 157 Å². The first kappa shape index (κ1) is 17.1. The highest BCUT2D eigenvalue weighted by Gasteiger charge is 2.38. The predicted molar refractivity (Wildman–Crippen MR) is 105 cm³/mol. The molecule has 0 unspecified atom stereocenters. The number of nitrogens with one attached hydrogen (secondary N) is 1. The lowest BCUT2D eigenvalue weighted by Gasteiger charge is -2.19. The summed E-state index contributed by atoms with van der Waals surface area (Å²) in [7, 11) is 3.24. The number of ether oxygens (including phenoxy) is 2. The Morgan fingerprint density at radius 2 is 1.78 bits per heavy atom. The summed E-state index contributed by atoms with van der Waals surface area (Å²) in [6, 6.07) is 20.9. The molecule has 1 aliphatic rings. The van der Waals surface area contributed by atoms with Crippen LogP contribution in [0.2, 0.25) is 0 Å². The lowest BCUT2D eigenvalue weighted by Crippen LogP contribution is -2.33. The second-order valence-electron chi connectivity index (χ2n) is 6.33. The molecule has 3 aromatic carbocycles.